The minimum absolute atomic E-state index is 0.0980. The van der Waals surface area contributed by atoms with Crippen LogP contribution in [0.1, 0.15) is 39.9 Å². The number of amides is 3. The van der Waals surface area contributed by atoms with Crippen LogP contribution in [0, 0.1) is 5.82 Å². The Morgan fingerprint density at radius 3 is 2.45 bits per heavy atom. The van der Waals surface area contributed by atoms with Crippen LogP contribution >= 0.6 is 0 Å². The van der Waals surface area contributed by atoms with E-state index in [1.807, 2.05) is 5.32 Å². The predicted molar refractivity (Wildman–Crippen MR) is 116 cm³/mol. The van der Waals surface area contributed by atoms with E-state index in [-0.39, 0.29) is 31.1 Å². The van der Waals surface area contributed by atoms with E-state index in [9.17, 15) is 45.5 Å². The van der Waals surface area contributed by atoms with Crippen molar-refractivity contribution in [1.29, 1.82) is 0 Å². The zero-order valence-corrected chi connectivity index (χ0v) is 19.3. The molecule has 1 fully saturated rings. The fourth-order valence-corrected chi connectivity index (χ4v) is 4.28. The maximum absolute atomic E-state index is 14.7. The first-order valence-corrected chi connectivity index (χ1v) is 11.2. The normalized spacial score (nSPS) is 19.7. The molecule has 2 unspecified atom stereocenters. The van der Waals surface area contributed by atoms with Crippen LogP contribution in [-0.4, -0.2) is 42.0 Å². The molecule has 14 heteroatoms. The number of nitrogens with one attached hydrogen (secondary N) is 3. The largest absolute Gasteiger partial charge is 0.573 e. The summed E-state index contributed by atoms with van der Waals surface area (Å²) in [5.74, 6) is -10.5. The minimum Gasteiger partial charge on any atom is -0.405 e. The van der Waals surface area contributed by atoms with Crippen LogP contribution in [-0.2, 0) is 33.3 Å². The van der Waals surface area contributed by atoms with Crippen molar-refractivity contribution in [2.45, 2.75) is 50.2 Å². The number of carbonyl (C=O) groups is 4. The number of hydrogen-bond donors (Lipinski definition) is 3. The highest BCUT2D eigenvalue weighted by Crippen LogP contribution is 2.38. The molecule has 1 aliphatic heterocycles. The molecule has 2 aliphatic rings. The number of benzene rings is 2. The van der Waals surface area contributed by atoms with Gasteiger partial charge in [-0.3, -0.25) is 29.8 Å². The lowest BCUT2D eigenvalue weighted by Crippen LogP contribution is -2.54. The molecule has 0 radical (unpaired) electrons. The first kappa shape index (κ1) is 27.1. The van der Waals surface area contributed by atoms with Gasteiger partial charge in [0.25, 0.3) is 5.91 Å². The number of hydrogen-bond acceptors (Lipinski definition) is 6. The second-order valence-electron chi connectivity index (χ2n) is 8.73. The zero-order valence-electron chi connectivity index (χ0n) is 19.3. The molecule has 0 saturated carbocycles. The van der Waals surface area contributed by atoms with Crippen LogP contribution in [0.25, 0.3) is 0 Å². The molecule has 1 heterocycles. The Kier molecular flexibility index (Phi) is 7.19. The summed E-state index contributed by atoms with van der Waals surface area (Å²) >= 11 is 0. The van der Waals surface area contributed by atoms with Crippen LogP contribution in [0.2, 0.25) is 0 Å². The number of rotatable bonds is 7. The van der Waals surface area contributed by atoms with Gasteiger partial charge in [0.1, 0.15) is 11.6 Å². The van der Waals surface area contributed by atoms with E-state index in [0.717, 1.165) is 0 Å². The quantitative estimate of drug-likeness (QED) is 0.366. The second kappa shape index (κ2) is 10.1. The lowest BCUT2D eigenvalue weighted by atomic mass is 10.0. The van der Waals surface area contributed by atoms with Crippen molar-refractivity contribution in [2.75, 3.05) is 0 Å². The Hall–Kier alpha value is -3.94. The third-order valence-electron chi connectivity index (χ3n) is 6.06. The fourth-order valence-electron chi connectivity index (χ4n) is 4.28. The topological polar surface area (TPSA) is 114 Å². The number of carbonyl (C=O) groups excluding carboxylic acids is 4. The van der Waals surface area contributed by atoms with Gasteiger partial charge in [0.05, 0.1) is 17.6 Å². The van der Waals surface area contributed by atoms with E-state index in [4.69, 9.17) is 0 Å². The standard InChI is InChI=1S/C24H19F6N3O5/c25-13-2-4-15(18(9-13)38-24(28,29)30)23(26,27)22(37)31-10-11-1-3-14-12(7-11)8-17(20(14)35)32-16-5-6-19(34)33-21(16)36/h1-4,7,9,16-17,32H,5-6,8,10H2,(H,31,37)(H,33,34,36). The molecule has 2 atom stereocenters. The van der Waals surface area contributed by atoms with Crippen molar-refractivity contribution in [3.63, 3.8) is 0 Å². The maximum Gasteiger partial charge on any atom is 0.573 e. The Morgan fingerprint density at radius 1 is 1.03 bits per heavy atom. The molecule has 2 aromatic carbocycles. The molecule has 2 aromatic rings. The Bertz CT molecular complexity index is 1310. The van der Waals surface area contributed by atoms with Crippen molar-refractivity contribution < 1.29 is 50.3 Å². The van der Waals surface area contributed by atoms with Crippen molar-refractivity contribution in [3.8, 4) is 5.75 Å². The molecule has 3 N–H and O–H groups in total. The summed E-state index contributed by atoms with van der Waals surface area (Å²) in [5.41, 5.74) is -0.308. The lowest BCUT2D eigenvalue weighted by molar-refractivity contribution is -0.275. The number of imide groups is 1. The third kappa shape index (κ3) is 5.79. The van der Waals surface area contributed by atoms with Gasteiger partial charge in [0, 0.05) is 24.6 Å². The van der Waals surface area contributed by atoms with Gasteiger partial charge in [-0.25, -0.2) is 4.39 Å². The Balaban J connectivity index is 1.42. The summed E-state index contributed by atoms with van der Waals surface area (Å²) in [4.78, 5) is 48.2. The van der Waals surface area contributed by atoms with Crippen molar-refractivity contribution >= 4 is 23.5 Å². The fraction of sp³-hybridized carbons (Fsp3) is 0.333. The molecule has 3 amide bonds. The van der Waals surface area contributed by atoms with Gasteiger partial charge in [0.2, 0.25) is 11.8 Å². The first-order chi connectivity index (χ1) is 17.7. The number of alkyl halides is 5. The lowest BCUT2D eigenvalue weighted by Gasteiger charge is -2.24. The molecule has 0 bridgehead atoms. The van der Waals surface area contributed by atoms with Crippen molar-refractivity contribution in [2.24, 2.45) is 0 Å². The van der Waals surface area contributed by atoms with Gasteiger partial charge in [-0.05, 0) is 36.1 Å². The molecule has 202 valence electrons. The highest BCUT2D eigenvalue weighted by atomic mass is 19.4. The molecule has 8 nitrogen and oxygen atoms in total. The summed E-state index contributed by atoms with van der Waals surface area (Å²) < 4.78 is 84.1. The van der Waals surface area contributed by atoms with Crippen LogP contribution < -0.4 is 20.7 Å². The average molecular weight is 543 g/mol. The molecule has 0 aromatic heterocycles. The van der Waals surface area contributed by atoms with Gasteiger partial charge in [-0.1, -0.05) is 18.2 Å². The zero-order chi connectivity index (χ0) is 27.8. The Labute approximate surface area is 210 Å². The molecular weight excluding hydrogens is 524 g/mol. The van der Waals surface area contributed by atoms with Gasteiger partial charge in [-0.2, -0.15) is 8.78 Å². The number of ketones is 1. The smallest absolute Gasteiger partial charge is 0.405 e. The van der Waals surface area contributed by atoms with Gasteiger partial charge in [0.15, 0.2) is 5.78 Å². The van der Waals surface area contributed by atoms with Crippen LogP contribution in [0.15, 0.2) is 36.4 Å². The molecule has 1 saturated heterocycles. The third-order valence-corrected chi connectivity index (χ3v) is 6.06. The van der Waals surface area contributed by atoms with E-state index in [1.165, 1.54) is 18.2 Å². The van der Waals surface area contributed by atoms with E-state index in [1.54, 1.807) is 0 Å². The van der Waals surface area contributed by atoms with Gasteiger partial charge >= 0.3 is 12.3 Å². The van der Waals surface area contributed by atoms with Gasteiger partial charge in [-0.15, -0.1) is 13.2 Å². The number of ether oxygens (including phenoxy) is 1. The first-order valence-electron chi connectivity index (χ1n) is 11.2. The van der Waals surface area contributed by atoms with Crippen LogP contribution in [0.5, 0.6) is 5.75 Å². The van der Waals surface area contributed by atoms with Crippen molar-refractivity contribution in [3.05, 3.63) is 64.5 Å². The summed E-state index contributed by atoms with van der Waals surface area (Å²) in [7, 11) is 0. The van der Waals surface area contributed by atoms with Crippen molar-refractivity contribution in [1.82, 2.24) is 16.0 Å². The molecule has 1 aliphatic carbocycles. The van der Waals surface area contributed by atoms with E-state index in [2.05, 4.69) is 15.4 Å². The molecule has 0 spiro atoms. The monoisotopic (exact) mass is 543 g/mol. The SMILES string of the molecule is O=C1CCC(NC2Cc3cc(CNC(=O)C(F)(F)c4ccc(F)cc4OC(F)(F)F)ccc3C2=O)C(=O)N1. The second-order valence-corrected chi connectivity index (χ2v) is 8.73. The number of piperidine rings is 1. The summed E-state index contributed by atoms with van der Waals surface area (Å²) in [6.45, 7) is -0.461. The maximum atomic E-state index is 14.7. The molecule has 38 heavy (non-hydrogen) atoms. The van der Waals surface area contributed by atoms with E-state index >= 15 is 0 Å². The summed E-state index contributed by atoms with van der Waals surface area (Å²) in [5, 5.41) is 7.02. The van der Waals surface area contributed by atoms with Crippen LogP contribution in [0.4, 0.5) is 26.3 Å². The molecular formula is C24H19F6N3O5. The summed E-state index contributed by atoms with van der Waals surface area (Å²) in [6.07, 6.45) is -4.90. The van der Waals surface area contributed by atoms with Gasteiger partial charge < -0.3 is 10.1 Å². The minimum atomic E-state index is -5.40. The number of fused-ring (bicyclic) bond motifs is 1. The highest BCUT2D eigenvalue weighted by molar-refractivity contribution is 6.05. The Morgan fingerprint density at radius 2 is 1.76 bits per heavy atom. The van der Waals surface area contributed by atoms with Crippen LogP contribution in [0.3, 0.4) is 0 Å². The predicted octanol–water partition coefficient (Wildman–Crippen LogP) is 2.63. The van der Waals surface area contributed by atoms with E-state index < -0.39 is 65.8 Å². The molecule has 4 rings (SSSR count). The summed E-state index contributed by atoms with van der Waals surface area (Å²) in [6, 6.07) is 3.72. The number of Topliss-reactive ketones (excluding diaryl/α,β-unsaturated/α-hetero) is 1. The van der Waals surface area contributed by atoms with E-state index in [0.29, 0.717) is 28.8 Å². The highest BCUT2D eigenvalue weighted by Gasteiger charge is 2.45. The average Bonchev–Trinajstić information content (AvgIpc) is 3.12. The number of halogens is 6.